The smallest absolute Gasteiger partial charge is 0.254 e. The van der Waals surface area contributed by atoms with Crippen molar-refractivity contribution >= 4 is 5.91 Å². The zero-order valence-corrected chi connectivity index (χ0v) is 11.3. The van der Waals surface area contributed by atoms with E-state index in [4.69, 9.17) is 0 Å². The van der Waals surface area contributed by atoms with E-state index in [1.807, 2.05) is 23.1 Å². The summed E-state index contributed by atoms with van der Waals surface area (Å²) >= 11 is 0. The third kappa shape index (κ3) is 1.65. The van der Waals surface area contributed by atoms with E-state index in [0.717, 1.165) is 25.2 Å². The van der Waals surface area contributed by atoms with Crippen LogP contribution in [0.4, 0.5) is 0 Å². The Bertz CT molecular complexity index is 490. The Morgan fingerprint density at radius 3 is 2.61 bits per heavy atom. The lowest BCUT2D eigenvalue weighted by Crippen LogP contribution is -2.53. The first-order valence-corrected chi connectivity index (χ1v) is 6.63. The number of hydrogen-bond acceptors (Lipinski definition) is 2. The first kappa shape index (κ1) is 11.7. The lowest BCUT2D eigenvalue weighted by molar-refractivity contribution is 0.0260. The summed E-state index contributed by atoms with van der Waals surface area (Å²) in [5.41, 5.74) is 2.28. The molecule has 1 atom stereocenters. The van der Waals surface area contributed by atoms with Crippen LogP contribution >= 0.6 is 0 Å². The van der Waals surface area contributed by atoms with Gasteiger partial charge in [0.2, 0.25) is 0 Å². The molecule has 0 bridgehead atoms. The third-order valence-electron chi connectivity index (χ3n) is 4.14. The monoisotopic (exact) mass is 244 g/mol. The van der Waals surface area contributed by atoms with E-state index in [-0.39, 0.29) is 17.5 Å². The van der Waals surface area contributed by atoms with Crippen molar-refractivity contribution < 1.29 is 4.79 Å². The molecule has 0 aliphatic carbocycles. The number of carbonyl (C=O) groups excluding carboxylic acids is 1. The fourth-order valence-corrected chi connectivity index (χ4v) is 3.04. The van der Waals surface area contributed by atoms with Gasteiger partial charge in [-0.3, -0.25) is 9.69 Å². The molecule has 1 fully saturated rings. The van der Waals surface area contributed by atoms with E-state index >= 15 is 0 Å². The fourth-order valence-electron chi connectivity index (χ4n) is 3.04. The van der Waals surface area contributed by atoms with Crippen LogP contribution in [-0.4, -0.2) is 40.9 Å². The van der Waals surface area contributed by atoms with Gasteiger partial charge in [0, 0.05) is 30.7 Å². The highest BCUT2D eigenvalue weighted by atomic mass is 16.2. The second-order valence-corrected chi connectivity index (χ2v) is 6.22. The molecule has 2 heterocycles. The number of nitrogens with zero attached hydrogens (tertiary/aromatic N) is 2. The van der Waals surface area contributed by atoms with Gasteiger partial charge in [0.25, 0.3) is 5.91 Å². The van der Waals surface area contributed by atoms with Gasteiger partial charge in [0.1, 0.15) is 0 Å². The standard InChI is InChI=1S/C15H20N2O/c1-15(2,3)16-8-9-17-13(10-16)11-6-4-5-7-12(11)14(17)18/h4-7,13H,8-10H2,1-3H3. The molecular weight excluding hydrogens is 224 g/mol. The van der Waals surface area contributed by atoms with E-state index in [9.17, 15) is 4.79 Å². The van der Waals surface area contributed by atoms with Gasteiger partial charge >= 0.3 is 0 Å². The normalized spacial score (nSPS) is 24.1. The summed E-state index contributed by atoms with van der Waals surface area (Å²) in [7, 11) is 0. The molecule has 2 aliphatic rings. The molecule has 0 N–H and O–H groups in total. The molecule has 1 amide bonds. The molecule has 0 aromatic heterocycles. The van der Waals surface area contributed by atoms with Gasteiger partial charge in [-0.25, -0.2) is 0 Å². The van der Waals surface area contributed by atoms with Crippen LogP contribution < -0.4 is 0 Å². The van der Waals surface area contributed by atoms with Crippen molar-refractivity contribution in [2.75, 3.05) is 19.6 Å². The Balaban J connectivity index is 1.94. The molecule has 1 unspecified atom stereocenters. The second-order valence-electron chi connectivity index (χ2n) is 6.22. The van der Waals surface area contributed by atoms with Crippen LogP contribution in [0.2, 0.25) is 0 Å². The summed E-state index contributed by atoms with van der Waals surface area (Å²) in [6.07, 6.45) is 0. The Kier molecular flexibility index (Phi) is 2.49. The van der Waals surface area contributed by atoms with Crippen molar-refractivity contribution in [1.82, 2.24) is 9.80 Å². The number of rotatable bonds is 0. The molecule has 96 valence electrons. The van der Waals surface area contributed by atoms with Crippen molar-refractivity contribution in [2.24, 2.45) is 0 Å². The van der Waals surface area contributed by atoms with Crippen molar-refractivity contribution in [3.8, 4) is 0 Å². The van der Waals surface area contributed by atoms with E-state index in [1.165, 1.54) is 5.56 Å². The van der Waals surface area contributed by atoms with Gasteiger partial charge in [-0.2, -0.15) is 0 Å². The Labute approximate surface area is 108 Å². The molecule has 1 aromatic rings. The first-order valence-electron chi connectivity index (χ1n) is 6.63. The van der Waals surface area contributed by atoms with Gasteiger partial charge < -0.3 is 4.90 Å². The van der Waals surface area contributed by atoms with Crippen LogP contribution in [-0.2, 0) is 0 Å². The summed E-state index contributed by atoms with van der Waals surface area (Å²) in [6.45, 7) is 9.49. The summed E-state index contributed by atoms with van der Waals surface area (Å²) in [5, 5.41) is 0. The number of carbonyl (C=O) groups is 1. The van der Waals surface area contributed by atoms with Crippen molar-refractivity contribution in [2.45, 2.75) is 32.4 Å². The van der Waals surface area contributed by atoms with Crippen LogP contribution in [0.15, 0.2) is 24.3 Å². The lowest BCUT2D eigenvalue weighted by atomic mass is 9.99. The molecule has 18 heavy (non-hydrogen) atoms. The zero-order chi connectivity index (χ0) is 12.9. The number of amides is 1. The van der Waals surface area contributed by atoms with Crippen LogP contribution in [0.5, 0.6) is 0 Å². The molecule has 2 aliphatic heterocycles. The highest BCUT2D eigenvalue weighted by molar-refractivity contribution is 5.99. The topological polar surface area (TPSA) is 23.6 Å². The predicted molar refractivity (Wildman–Crippen MR) is 71.5 cm³/mol. The van der Waals surface area contributed by atoms with E-state index in [0.29, 0.717) is 0 Å². The highest BCUT2D eigenvalue weighted by Crippen LogP contribution is 2.37. The van der Waals surface area contributed by atoms with Crippen molar-refractivity contribution in [3.63, 3.8) is 0 Å². The Morgan fingerprint density at radius 1 is 1.17 bits per heavy atom. The first-order chi connectivity index (χ1) is 8.48. The Morgan fingerprint density at radius 2 is 1.89 bits per heavy atom. The average Bonchev–Trinajstić information content (AvgIpc) is 2.63. The van der Waals surface area contributed by atoms with Gasteiger partial charge in [-0.05, 0) is 32.4 Å². The maximum absolute atomic E-state index is 12.3. The fraction of sp³-hybridized carbons (Fsp3) is 0.533. The summed E-state index contributed by atoms with van der Waals surface area (Å²) < 4.78 is 0. The SMILES string of the molecule is CC(C)(C)N1CCN2C(=O)c3ccccc3C2C1. The zero-order valence-electron chi connectivity index (χ0n) is 11.3. The molecule has 3 nitrogen and oxygen atoms in total. The molecule has 1 aromatic carbocycles. The summed E-state index contributed by atoms with van der Waals surface area (Å²) in [4.78, 5) is 16.8. The van der Waals surface area contributed by atoms with E-state index in [2.05, 4.69) is 31.7 Å². The number of piperazine rings is 1. The summed E-state index contributed by atoms with van der Waals surface area (Å²) in [6, 6.07) is 8.30. The van der Waals surface area contributed by atoms with Crippen LogP contribution in [0, 0.1) is 0 Å². The van der Waals surface area contributed by atoms with Crippen LogP contribution in [0.3, 0.4) is 0 Å². The molecule has 0 radical (unpaired) electrons. The molecule has 3 rings (SSSR count). The minimum absolute atomic E-state index is 0.173. The molecule has 0 spiro atoms. The molecule has 0 saturated carbocycles. The van der Waals surface area contributed by atoms with Crippen LogP contribution in [0.1, 0.15) is 42.7 Å². The second kappa shape index (κ2) is 3.82. The molecular formula is C15H20N2O. The highest BCUT2D eigenvalue weighted by Gasteiger charge is 2.41. The van der Waals surface area contributed by atoms with Crippen LogP contribution in [0.25, 0.3) is 0 Å². The number of hydrogen-bond donors (Lipinski definition) is 0. The summed E-state index contributed by atoms with van der Waals surface area (Å²) in [5.74, 6) is 0.212. The minimum Gasteiger partial charge on any atom is -0.329 e. The number of fused-ring (bicyclic) bond motifs is 3. The maximum atomic E-state index is 12.3. The number of benzene rings is 1. The van der Waals surface area contributed by atoms with E-state index < -0.39 is 0 Å². The van der Waals surface area contributed by atoms with Gasteiger partial charge in [0.15, 0.2) is 0 Å². The lowest BCUT2D eigenvalue weighted by Gasteiger charge is -2.44. The minimum atomic E-state index is 0.173. The molecule has 3 heteroatoms. The largest absolute Gasteiger partial charge is 0.329 e. The van der Waals surface area contributed by atoms with Gasteiger partial charge in [0.05, 0.1) is 6.04 Å². The van der Waals surface area contributed by atoms with Crippen molar-refractivity contribution in [3.05, 3.63) is 35.4 Å². The van der Waals surface area contributed by atoms with Gasteiger partial charge in [-0.15, -0.1) is 0 Å². The third-order valence-corrected chi connectivity index (χ3v) is 4.14. The quantitative estimate of drug-likeness (QED) is 0.699. The van der Waals surface area contributed by atoms with E-state index in [1.54, 1.807) is 0 Å². The average molecular weight is 244 g/mol. The Hall–Kier alpha value is -1.35. The predicted octanol–water partition coefficient (Wildman–Crippen LogP) is 2.30. The molecule has 1 saturated heterocycles. The van der Waals surface area contributed by atoms with Gasteiger partial charge in [-0.1, -0.05) is 18.2 Å². The maximum Gasteiger partial charge on any atom is 0.254 e. The van der Waals surface area contributed by atoms with Crippen molar-refractivity contribution in [1.29, 1.82) is 0 Å².